The Morgan fingerprint density at radius 3 is 1.65 bits per heavy atom. The Morgan fingerprint density at radius 1 is 0.652 bits per heavy atom. The van der Waals surface area contributed by atoms with Gasteiger partial charge >= 0.3 is 0 Å². The monoisotopic (exact) mass is 302 g/mol. The van der Waals surface area contributed by atoms with Crippen LogP contribution in [-0.2, 0) is 5.41 Å². The zero-order valence-electron chi connectivity index (χ0n) is 12.2. The molecule has 0 aromatic heterocycles. The molecule has 0 atom stereocenters. The number of rotatable bonds is 2. The molecule has 3 nitrogen and oxygen atoms in total. The van der Waals surface area contributed by atoms with E-state index in [1.807, 2.05) is 24.3 Å². The van der Waals surface area contributed by atoms with Crippen molar-refractivity contribution < 1.29 is 15.0 Å². The molecule has 0 aliphatic heterocycles. The number of ketones is 1. The highest BCUT2D eigenvalue weighted by molar-refractivity contribution is 6.18. The lowest BCUT2D eigenvalue weighted by atomic mass is 9.56. The van der Waals surface area contributed by atoms with Crippen molar-refractivity contribution >= 4 is 5.78 Å². The van der Waals surface area contributed by atoms with Crippen molar-refractivity contribution in [3.05, 3.63) is 95.1 Å². The lowest BCUT2D eigenvalue weighted by Crippen LogP contribution is -2.48. The number of phenols is 2. The third-order valence-electron chi connectivity index (χ3n) is 4.52. The molecule has 0 unspecified atom stereocenters. The molecule has 3 aromatic rings. The fourth-order valence-corrected chi connectivity index (χ4v) is 3.43. The first-order valence-corrected chi connectivity index (χ1v) is 7.37. The average Bonchev–Trinajstić information content (AvgIpc) is 2.58. The van der Waals surface area contributed by atoms with E-state index in [1.165, 1.54) is 0 Å². The summed E-state index contributed by atoms with van der Waals surface area (Å²) in [4.78, 5) is 13.0. The van der Waals surface area contributed by atoms with E-state index < -0.39 is 5.41 Å². The van der Waals surface area contributed by atoms with Gasteiger partial charge in [0.2, 0.25) is 0 Å². The standard InChI is InChI=1S/C20H14O3/c21-15-9-5-13(6-10-15)20(14-7-11-16(22)12-8-14)18-4-2-1-3-17(18)19(20)23/h1-12,21-22H. The van der Waals surface area contributed by atoms with Crippen LogP contribution in [0.1, 0.15) is 27.0 Å². The first-order valence-electron chi connectivity index (χ1n) is 7.37. The van der Waals surface area contributed by atoms with E-state index in [1.54, 1.807) is 48.5 Å². The summed E-state index contributed by atoms with van der Waals surface area (Å²) in [5.41, 5.74) is 2.40. The van der Waals surface area contributed by atoms with Crippen LogP contribution in [0.25, 0.3) is 0 Å². The lowest BCUT2D eigenvalue weighted by Gasteiger charge is -2.43. The first-order chi connectivity index (χ1) is 11.1. The van der Waals surface area contributed by atoms with Gasteiger partial charge in [-0.1, -0.05) is 48.5 Å². The predicted octanol–water partition coefficient (Wildman–Crippen LogP) is 3.63. The first kappa shape index (κ1) is 13.6. The van der Waals surface area contributed by atoms with Crippen molar-refractivity contribution in [2.45, 2.75) is 5.41 Å². The van der Waals surface area contributed by atoms with Crippen LogP contribution in [0.2, 0.25) is 0 Å². The van der Waals surface area contributed by atoms with Crippen LogP contribution in [0.3, 0.4) is 0 Å². The van der Waals surface area contributed by atoms with Crippen molar-refractivity contribution in [1.82, 2.24) is 0 Å². The van der Waals surface area contributed by atoms with Gasteiger partial charge in [-0.3, -0.25) is 4.79 Å². The van der Waals surface area contributed by atoms with E-state index in [9.17, 15) is 15.0 Å². The van der Waals surface area contributed by atoms with Gasteiger partial charge < -0.3 is 10.2 Å². The van der Waals surface area contributed by atoms with E-state index in [4.69, 9.17) is 0 Å². The number of carbonyl (C=O) groups is 1. The number of fused-ring (bicyclic) bond motifs is 1. The highest BCUT2D eigenvalue weighted by Gasteiger charge is 2.53. The molecule has 2 N–H and O–H groups in total. The van der Waals surface area contributed by atoms with Crippen molar-refractivity contribution in [2.75, 3.05) is 0 Å². The van der Waals surface area contributed by atoms with Gasteiger partial charge in [0.25, 0.3) is 0 Å². The fraction of sp³-hybridized carbons (Fsp3) is 0.0500. The number of phenolic OH excluding ortho intramolecular Hbond substituents is 2. The van der Waals surface area contributed by atoms with Crippen molar-refractivity contribution in [3.8, 4) is 11.5 Å². The number of benzene rings is 3. The minimum atomic E-state index is -0.877. The van der Waals surface area contributed by atoms with Crippen molar-refractivity contribution in [2.24, 2.45) is 0 Å². The number of aromatic hydroxyl groups is 2. The van der Waals surface area contributed by atoms with Crippen LogP contribution >= 0.6 is 0 Å². The summed E-state index contributed by atoms with van der Waals surface area (Å²) in [5, 5.41) is 19.1. The second-order valence-electron chi connectivity index (χ2n) is 5.72. The van der Waals surface area contributed by atoms with E-state index in [0.29, 0.717) is 5.56 Å². The molecular weight excluding hydrogens is 288 g/mol. The molecule has 23 heavy (non-hydrogen) atoms. The van der Waals surface area contributed by atoms with E-state index >= 15 is 0 Å². The zero-order chi connectivity index (χ0) is 16.0. The largest absolute Gasteiger partial charge is 0.508 e. The van der Waals surface area contributed by atoms with Crippen molar-refractivity contribution in [3.63, 3.8) is 0 Å². The third-order valence-corrected chi connectivity index (χ3v) is 4.52. The second kappa shape index (κ2) is 4.71. The van der Waals surface area contributed by atoms with Gasteiger partial charge in [-0.25, -0.2) is 0 Å². The smallest absolute Gasteiger partial charge is 0.182 e. The molecule has 0 spiro atoms. The quantitative estimate of drug-likeness (QED) is 0.760. The molecule has 0 saturated carbocycles. The molecule has 0 fully saturated rings. The number of carbonyl (C=O) groups excluding carboxylic acids is 1. The summed E-state index contributed by atoms with van der Waals surface area (Å²) in [6.07, 6.45) is 0. The van der Waals surface area contributed by atoms with Gasteiger partial charge in [-0.05, 0) is 41.0 Å². The molecule has 3 aromatic carbocycles. The molecule has 3 heteroatoms. The Hall–Kier alpha value is -3.07. The Bertz CT molecular complexity index is 847. The minimum absolute atomic E-state index is 0.0319. The minimum Gasteiger partial charge on any atom is -0.508 e. The lowest BCUT2D eigenvalue weighted by molar-refractivity contribution is 0.0897. The highest BCUT2D eigenvalue weighted by atomic mass is 16.3. The summed E-state index contributed by atoms with van der Waals surface area (Å²) in [6.45, 7) is 0. The van der Waals surface area contributed by atoms with E-state index in [-0.39, 0.29) is 17.3 Å². The van der Waals surface area contributed by atoms with Crippen molar-refractivity contribution in [1.29, 1.82) is 0 Å². The number of Topliss-reactive ketones (excluding diaryl/α,β-unsaturated/α-hetero) is 1. The molecule has 112 valence electrons. The molecule has 0 saturated heterocycles. The number of hydrogen-bond acceptors (Lipinski definition) is 3. The summed E-state index contributed by atoms with van der Waals surface area (Å²) in [6, 6.07) is 21.0. The molecule has 1 aliphatic rings. The van der Waals surface area contributed by atoms with Gasteiger partial charge in [-0.2, -0.15) is 0 Å². The molecular formula is C20H14O3. The SMILES string of the molecule is O=C1c2ccccc2C1(c1ccc(O)cc1)c1ccc(O)cc1. The Balaban J connectivity index is 2.02. The van der Waals surface area contributed by atoms with Crippen LogP contribution in [-0.4, -0.2) is 16.0 Å². The van der Waals surface area contributed by atoms with Crippen LogP contribution in [0, 0.1) is 0 Å². The predicted molar refractivity (Wildman–Crippen MR) is 86.9 cm³/mol. The summed E-state index contributed by atoms with van der Waals surface area (Å²) in [5.74, 6) is 0.355. The molecule has 0 radical (unpaired) electrons. The summed E-state index contributed by atoms with van der Waals surface area (Å²) < 4.78 is 0. The normalized spacial score (nSPS) is 14.9. The van der Waals surface area contributed by atoms with Crippen LogP contribution in [0.5, 0.6) is 11.5 Å². The fourth-order valence-electron chi connectivity index (χ4n) is 3.43. The van der Waals surface area contributed by atoms with E-state index in [0.717, 1.165) is 16.7 Å². The maximum atomic E-state index is 13.0. The summed E-state index contributed by atoms with van der Waals surface area (Å²) in [7, 11) is 0. The summed E-state index contributed by atoms with van der Waals surface area (Å²) >= 11 is 0. The average molecular weight is 302 g/mol. The van der Waals surface area contributed by atoms with Gasteiger partial charge in [0, 0.05) is 5.56 Å². The number of hydrogen-bond donors (Lipinski definition) is 2. The Kier molecular flexibility index (Phi) is 2.78. The Labute approximate surface area is 133 Å². The molecule has 4 rings (SSSR count). The van der Waals surface area contributed by atoms with Crippen LogP contribution in [0.4, 0.5) is 0 Å². The zero-order valence-corrected chi connectivity index (χ0v) is 12.2. The molecule has 1 aliphatic carbocycles. The maximum Gasteiger partial charge on any atom is 0.182 e. The Morgan fingerprint density at radius 2 is 1.13 bits per heavy atom. The third kappa shape index (κ3) is 1.73. The van der Waals surface area contributed by atoms with Gasteiger partial charge in [0.1, 0.15) is 16.9 Å². The van der Waals surface area contributed by atoms with Crippen LogP contribution < -0.4 is 0 Å². The van der Waals surface area contributed by atoms with Gasteiger partial charge in [-0.15, -0.1) is 0 Å². The highest BCUT2D eigenvalue weighted by Crippen LogP contribution is 2.51. The van der Waals surface area contributed by atoms with Crippen LogP contribution in [0.15, 0.2) is 72.8 Å². The van der Waals surface area contributed by atoms with Gasteiger partial charge in [0.05, 0.1) is 0 Å². The van der Waals surface area contributed by atoms with Gasteiger partial charge in [0.15, 0.2) is 5.78 Å². The van der Waals surface area contributed by atoms with E-state index in [2.05, 4.69) is 0 Å². The maximum absolute atomic E-state index is 13.0. The molecule has 0 heterocycles. The molecule has 0 amide bonds. The molecule has 0 bridgehead atoms. The topological polar surface area (TPSA) is 57.5 Å². The second-order valence-corrected chi connectivity index (χ2v) is 5.72.